The second kappa shape index (κ2) is 9.13. The van der Waals surface area contributed by atoms with Gasteiger partial charge in [-0.1, -0.05) is 11.6 Å². The van der Waals surface area contributed by atoms with Gasteiger partial charge in [-0.3, -0.25) is 4.79 Å². The Morgan fingerprint density at radius 3 is 2.12 bits per heavy atom. The van der Waals surface area contributed by atoms with E-state index < -0.39 is 0 Å². The number of benzene rings is 1. The van der Waals surface area contributed by atoms with E-state index in [-0.39, 0.29) is 5.91 Å². The van der Waals surface area contributed by atoms with Crippen molar-refractivity contribution < 1.29 is 19.0 Å². The van der Waals surface area contributed by atoms with Gasteiger partial charge in [-0.2, -0.15) is 0 Å². The third kappa shape index (κ3) is 5.00. The summed E-state index contributed by atoms with van der Waals surface area (Å²) in [5.41, 5.74) is 0.382. The van der Waals surface area contributed by atoms with Crippen LogP contribution < -0.4 is 19.5 Å². The maximum absolute atomic E-state index is 12.5. The van der Waals surface area contributed by atoms with E-state index in [2.05, 4.69) is 10.3 Å². The second-order valence-corrected chi connectivity index (χ2v) is 5.35. The lowest BCUT2D eigenvalue weighted by Gasteiger charge is -2.17. The van der Waals surface area contributed by atoms with Crippen molar-refractivity contribution in [2.75, 3.05) is 25.1 Å². The number of halogens is 1. The molecule has 0 radical (unpaired) electrons. The number of carbonyl (C=O) groups is 1. The standard InChI is InChI=1S/C18H21ClN2O4/c1-4-23-14-9-12(10-15(24-5-2)17(14)25-6-3)18(22)21-16-8-7-13(19)11-20-16/h7-11H,4-6H2,1-3H3,(H,20,21,22). The minimum absolute atomic E-state index is 0.334. The Bertz CT molecular complexity index is 693. The van der Waals surface area contributed by atoms with Crippen LogP contribution in [0.25, 0.3) is 0 Å². The number of hydrogen-bond donors (Lipinski definition) is 1. The number of ether oxygens (including phenoxy) is 3. The van der Waals surface area contributed by atoms with Crippen molar-refractivity contribution in [3.05, 3.63) is 41.0 Å². The zero-order chi connectivity index (χ0) is 18.2. The Balaban J connectivity index is 2.34. The fraction of sp³-hybridized carbons (Fsp3) is 0.333. The minimum atomic E-state index is -0.334. The molecule has 2 aromatic rings. The highest BCUT2D eigenvalue weighted by Crippen LogP contribution is 2.39. The first-order chi connectivity index (χ1) is 12.1. The van der Waals surface area contributed by atoms with Crippen LogP contribution in [0.4, 0.5) is 5.82 Å². The van der Waals surface area contributed by atoms with E-state index in [1.807, 2.05) is 20.8 Å². The Morgan fingerprint density at radius 2 is 1.64 bits per heavy atom. The molecule has 0 unspecified atom stereocenters. The molecule has 25 heavy (non-hydrogen) atoms. The first kappa shape index (κ1) is 18.9. The van der Waals surface area contributed by atoms with Crippen LogP contribution in [0.5, 0.6) is 17.2 Å². The monoisotopic (exact) mass is 364 g/mol. The van der Waals surface area contributed by atoms with Crippen LogP contribution in [-0.4, -0.2) is 30.7 Å². The van der Waals surface area contributed by atoms with Gasteiger partial charge in [-0.05, 0) is 45.0 Å². The maximum atomic E-state index is 12.5. The highest BCUT2D eigenvalue weighted by molar-refractivity contribution is 6.30. The molecule has 0 aliphatic rings. The van der Waals surface area contributed by atoms with E-state index in [1.54, 1.807) is 24.3 Å². The van der Waals surface area contributed by atoms with Crippen molar-refractivity contribution in [2.45, 2.75) is 20.8 Å². The Kier molecular flexibility index (Phi) is 6.89. The van der Waals surface area contributed by atoms with E-state index >= 15 is 0 Å². The normalized spacial score (nSPS) is 10.2. The summed E-state index contributed by atoms with van der Waals surface area (Å²) in [4.78, 5) is 16.6. The summed E-state index contributed by atoms with van der Waals surface area (Å²) < 4.78 is 16.9. The Hall–Kier alpha value is -2.47. The zero-order valence-corrected chi connectivity index (χ0v) is 15.2. The fourth-order valence-electron chi connectivity index (χ4n) is 2.16. The molecule has 0 bridgehead atoms. The smallest absolute Gasteiger partial charge is 0.257 e. The van der Waals surface area contributed by atoms with Gasteiger partial charge in [0.15, 0.2) is 11.5 Å². The van der Waals surface area contributed by atoms with E-state index in [9.17, 15) is 4.79 Å². The predicted octanol–water partition coefficient (Wildman–Crippen LogP) is 4.18. The molecular formula is C18H21ClN2O4. The van der Waals surface area contributed by atoms with Crippen molar-refractivity contribution in [3.8, 4) is 17.2 Å². The highest BCUT2D eigenvalue weighted by Gasteiger charge is 2.18. The van der Waals surface area contributed by atoms with Crippen molar-refractivity contribution in [2.24, 2.45) is 0 Å². The van der Waals surface area contributed by atoms with Crippen LogP contribution in [0.15, 0.2) is 30.5 Å². The van der Waals surface area contributed by atoms with Gasteiger partial charge in [0.2, 0.25) is 5.75 Å². The largest absolute Gasteiger partial charge is 0.490 e. The average Bonchev–Trinajstić information content (AvgIpc) is 2.60. The molecule has 0 spiro atoms. The van der Waals surface area contributed by atoms with Gasteiger partial charge in [-0.15, -0.1) is 0 Å². The zero-order valence-electron chi connectivity index (χ0n) is 14.5. The van der Waals surface area contributed by atoms with E-state index in [4.69, 9.17) is 25.8 Å². The number of anilines is 1. The van der Waals surface area contributed by atoms with Crippen LogP contribution in [0, 0.1) is 0 Å². The maximum Gasteiger partial charge on any atom is 0.257 e. The quantitative estimate of drug-likeness (QED) is 0.760. The van der Waals surface area contributed by atoms with Crippen molar-refractivity contribution in [1.82, 2.24) is 4.98 Å². The summed E-state index contributed by atoms with van der Waals surface area (Å²) in [6.45, 7) is 6.93. The first-order valence-corrected chi connectivity index (χ1v) is 8.46. The van der Waals surface area contributed by atoms with Crippen molar-refractivity contribution in [3.63, 3.8) is 0 Å². The Morgan fingerprint density at radius 1 is 1.04 bits per heavy atom. The molecule has 7 heteroatoms. The van der Waals surface area contributed by atoms with Crippen LogP contribution in [0.1, 0.15) is 31.1 Å². The second-order valence-electron chi connectivity index (χ2n) is 4.92. The third-order valence-corrected chi connectivity index (χ3v) is 3.36. The van der Waals surface area contributed by atoms with E-state index in [0.717, 1.165) is 0 Å². The van der Waals surface area contributed by atoms with Gasteiger partial charge < -0.3 is 19.5 Å². The molecule has 1 aromatic carbocycles. The number of nitrogens with one attached hydrogen (secondary N) is 1. The Labute approximate surface area is 152 Å². The van der Waals surface area contributed by atoms with Gasteiger partial charge in [0.05, 0.1) is 24.8 Å². The molecule has 0 saturated heterocycles. The first-order valence-electron chi connectivity index (χ1n) is 8.08. The molecule has 0 atom stereocenters. The van der Waals surface area contributed by atoms with Crippen LogP contribution >= 0.6 is 11.6 Å². The number of nitrogens with zero attached hydrogens (tertiary/aromatic N) is 1. The SMILES string of the molecule is CCOc1cc(C(=O)Nc2ccc(Cl)cn2)cc(OCC)c1OCC. The van der Waals surface area contributed by atoms with Crippen LogP contribution in [-0.2, 0) is 0 Å². The van der Waals surface area contributed by atoms with Gasteiger partial charge in [0, 0.05) is 11.8 Å². The number of amides is 1. The van der Waals surface area contributed by atoms with Gasteiger partial charge in [0.25, 0.3) is 5.91 Å². The number of rotatable bonds is 8. The lowest BCUT2D eigenvalue weighted by atomic mass is 10.1. The number of pyridine rings is 1. The molecule has 6 nitrogen and oxygen atoms in total. The van der Waals surface area contributed by atoms with Gasteiger partial charge in [0.1, 0.15) is 5.82 Å². The summed E-state index contributed by atoms with van der Waals surface area (Å²) in [5.74, 6) is 1.49. The highest BCUT2D eigenvalue weighted by atomic mass is 35.5. The molecule has 134 valence electrons. The number of carbonyl (C=O) groups excluding carboxylic acids is 1. The van der Waals surface area contributed by atoms with Gasteiger partial charge in [-0.25, -0.2) is 4.98 Å². The molecular weight excluding hydrogens is 344 g/mol. The van der Waals surface area contributed by atoms with Crippen LogP contribution in [0.3, 0.4) is 0 Å². The number of hydrogen-bond acceptors (Lipinski definition) is 5. The topological polar surface area (TPSA) is 69.7 Å². The molecule has 0 saturated carbocycles. The molecule has 1 heterocycles. The van der Waals surface area contributed by atoms with Crippen LogP contribution in [0.2, 0.25) is 5.02 Å². The molecule has 0 aliphatic heterocycles. The molecule has 1 N–H and O–H groups in total. The molecule has 0 fully saturated rings. The minimum Gasteiger partial charge on any atom is -0.490 e. The summed E-state index contributed by atoms with van der Waals surface area (Å²) in [5, 5.41) is 3.21. The van der Waals surface area contributed by atoms with E-state index in [0.29, 0.717) is 53.5 Å². The number of aromatic nitrogens is 1. The lowest BCUT2D eigenvalue weighted by Crippen LogP contribution is -2.14. The van der Waals surface area contributed by atoms with Crippen molar-refractivity contribution >= 4 is 23.3 Å². The third-order valence-electron chi connectivity index (χ3n) is 3.14. The lowest BCUT2D eigenvalue weighted by molar-refractivity contribution is 0.102. The summed E-state index contributed by atoms with van der Waals surface area (Å²) in [6, 6.07) is 6.53. The molecule has 0 aliphatic carbocycles. The molecule has 2 rings (SSSR count). The van der Waals surface area contributed by atoms with E-state index in [1.165, 1.54) is 6.20 Å². The summed E-state index contributed by atoms with van der Waals surface area (Å²) in [6.07, 6.45) is 1.46. The predicted molar refractivity (Wildman–Crippen MR) is 97.1 cm³/mol. The van der Waals surface area contributed by atoms with Gasteiger partial charge >= 0.3 is 0 Å². The summed E-state index contributed by atoms with van der Waals surface area (Å²) in [7, 11) is 0. The fourth-order valence-corrected chi connectivity index (χ4v) is 2.27. The summed E-state index contributed by atoms with van der Waals surface area (Å²) >= 11 is 5.80. The molecule has 1 amide bonds. The average molecular weight is 365 g/mol. The molecule has 1 aromatic heterocycles. The van der Waals surface area contributed by atoms with Crippen molar-refractivity contribution in [1.29, 1.82) is 0 Å².